The fraction of sp³-hybridized carbons (Fsp3) is 0.440. The third-order valence-electron chi connectivity index (χ3n) is 5.39. The van der Waals surface area contributed by atoms with Crippen LogP contribution >= 0.6 is 0 Å². The van der Waals surface area contributed by atoms with E-state index < -0.39 is 65.4 Å². The molecule has 1 aliphatic heterocycles. The van der Waals surface area contributed by atoms with Gasteiger partial charge in [-0.1, -0.05) is 25.5 Å². The predicted octanol–water partition coefficient (Wildman–Crippen LogP) is 8.12. The second-order valence-corrected chi connectivity index (χ2v) is 8.61. The number of hydrogen-bond donors (Lipinski definition) is 0. The van der Waals surface area contributed by atoms with Gasteiger partial charge in [0.15, 0.2) is 17.9 Å². The molecular formula is C25H21F11O4. The van der Waals surface area contributed by atoms with E-state index in [1.54, 1.807) is 0 Å². The topological polar surface area (TPSA) is 36.9 Å². The minimum Gasteiger partial charge on any atom is -0.429 e. The van der Waals surface area contributed by atoms with Gasteiger partial charge in [-0.15, -0.1) is 0 Å². The highest BCUT2D eigenvalue weighted by Gasteiger charge is 2.59. The van der Waals surface area contributed by atoms with E-state index in [4.69, 9.17) is 9.47 Å². The molecule has 1 unspecified atom stereocenters. The fourth-order valence-corrected chi connectivity index (χ4v) is 3.50. The largest absolute Gasteiger partial charge is 0.439 e. The Kier molecular flexibility index (Phi) is 9.60. The Hall–Kier alpha value is -3.07. The molecule has 15 heteroatoms. The SMILES string of the molecule is CCC/C=C/C1COC(c2cc(F)c(C(F)(F)Oc3ccc(OC(F)(F)C(F)C(F)(F)F)c(F)c3)c(F)c2)OC1. The first-order valence-corrected chi connectivity index (χ1v) is 11.6. The Labute approximate surface area is 220 Å². The summed E-state index contributed by atoms with van der Waals surface area (Å²) < 4.78 is 167. The second kappa shape index (κ2) is 12.2. The van der Waals surface area contributed by atoms with Crippen molar-refractivity contribution in [1.29, 1.82) is 0 Å². The van der Waals surface area contributed by atoms with Crippen molar-refractivity contribution in [3.05, 3.63) is 71.1 Å². The summed E-state index contributed by atoms with van der Waals surface area (Å²) in [4.78, 5) is 0. The molecule has 0 amide bonds. The van der Waals surface area contributed by atoms with Crippen molar-refractivity contribution in [2.24, 2.45) is 5.92 Å². The van der Waals surface area contributed by atoms with Gasteiger partial charge in [0.05, 0.1) is 13.2 Å². The molecule has 0 radical (unpaired) electrons. The molecule has 1 aliphatic rings. The number of benzene rings is 2. The van der Waals surface area contributed by atoms with Crippen molar-refractivity contribution in [3.63, 3.8) is 0 Å². The lowest BCUT2D eigenvalue weighted by Crippen LogP contribution is -2.45. The summed E-state index contributed by atoms with van der Waals surface area (Å²) in [5.74, 6) is -8.51. The fourth-order valence-electron chi connectivity index (χ4n) is 3.50. The van der Waals surface area contributed by atoms with Gasteiger partial charge in [0.25, 0.3) is 6.17 Å². The molecule has 1 saturated heterocycles. The molecule has 1 fully saturated rings. The minimum absolute atomic E-state index is 0.0423. The summed E-state index contributed by atoms with van der Waals surface area (Å²) in [5.41, 5.74) is -2.16. The lowest BCUT2D eigenvalue weighted by atomic mass is 10.1. The maximum Gasteiger partial charge on any atom is 0.439 e. The molecule has 0 N–H and O–H groups in total. The van der Waals surface area contributed by atoms with Crippen LogP contribution in [0.4, 0.5) is 48.3 Å². The third-order valence-corrected chi connectivity index (χ3v) is 5.39. The summed E-state index contributed by atoms with van der Waals surface area (Å²) in [6.07, 6.45) is -17.0. The molecule has 222 valence electrons. The van der Waals surface area contributed by atoms with Crippen molar-refractivity contribution in [3.8, 4) is 11.5 Å². The van der Waals surface area contributed by atoms with E-state index in [9.17, 15) is 48.3 Å². The van der Waals surface area contributed by atoms with Crippen molar-refractivity contribution >= 4 is 0 Å². The Balaban J connectivity index is 1.73. The lowest BCUT2D eigenvalue weighted by molar-refractivity contribution is -0.305. The van der Waals surface area contributed by atoms with E-state index >= 15 is 0 Å². The number of unbranched alkanes of at least 4 members (excludes halogenated alkanes) is 1. The summed E-state index contributed by atoms with van der Waals surface area (Å²) >= 11 is 0. The Morgan fingerprint density at radius 1 is 0.900 bits per heavy atom. The van der Waals surface area contributed by atoms with E-state index in [2.05, 4.69) is 9.47 Å². The van der Waals surface area contributed by atoms with Gasteiger partial charge >= 0.3 is 18.4 Å². The van der Waals surface area contributed by atoms with Crippen LogP contribution in [-0.2, 0) is 15.6 Å². The van der Waals surface area contributed by atoms with Crippen molar-refractivity contribution in [1.82, 2.24) is 0 Å². The van der Waals surface area contributed by atoms with E-state index in [-0.39, 0.29) is 36.8 Å². The summed E-state index contributed by atoms with van der Waals surface area (Å²) in [6, 6.07) is 1.44. The van der Waals surface area contributed by atoms with Gasteiger partial charge in [-0.25, -0.2) is 17.6 Å². The van der Waals surface area contributed by atoms with Crippen LogP contribution in [0.15, 0.2) is 42.5 Å². The van der Waals surface area contributed by atoms with Gasteiger partial charge in [-0.3, -0.25) is 0 Å². The van der Waals surface area contributed by atoms with E-state index in [0.29, 0.717) is 18.2 Å². The van der Waals surface area contributed by atoms with Crippen LogP contribution in [-0.4, -0.2) is 31.7 Å². The Bertz CT molecular complexity index is 1170. The zero-order valence-corrected chi connectivity index (χ0v) is 20.4. The highest BCUT2D eigenvalue weighted by atomic mass is 19.4. The molecule has 1 heterocycles. The molecule has 1 atom stereocenters. The second-order valence-electron chi connectivity index (χ2n) is 8.61. The molecule has 0 aromatic heterocycles. The quantitative estimate of drug-likeness (QED) is 0.206. The van der Waals surface area contributed by atoms with Crippen LogP contribution in [0.2, 0.25) is 0 Å². The lowest BCUT2D eigenvalue weighted by Gasteiger charge is -2.28. The number of ether oxygens (including phenoxy) is 4. The van der Waals surface area contributed by atoms with Gasteiger partial charge in [0.1, 0.15) is 22.9 Å². The van der Waals surface area contributed by atoms with Crippen LogP contribution in [0.5, 0.6) is 11.5 Å². The predicted molar refractivity (Wildman–Crippen MR) is 116 cm³/mol. The number of alkyl halides is 8. The van der Waals surface area contributed by atoms with Crippen molar-refractivity contribution in [2.45, 2.75) is 50.6 Å². The molecule has 0 bridgehead atoms. The van der Waals surface area contributed by atoms with Crippen LogP contribution in [0, 0.1) is 23.4 Å². The molecule has 0 aliphatic carbocycles. The maximum atomic E-state index is 14.7. The molecule has 3 rings (SSSR count). The van der Waals surface area contributed by atoms with Gasteiger partial charge in [-0.2, -0.15) is 30.7 Å². The monoisotopic (exact) mass is 594 g/mol. The van der Waals surface area contributed by atoms with E-state index in [1.807, 2.05) is 19.1 Å². The normalized spacial score (nSPS) is 19.6. The van der Waals surface area contributed by atoms with Crippen molar-refractivity contribution in [2.75, 3.05) is 13.2 Å². The molecule has 2 aromatic rings. The molecule has 0 saturated carbocycles. The number of halogens is 11. The smallest absolute Gasteiger partial charge is 0.429 e. The van der Waals surface area contributed by atoms with Crippen molar-refractivity contribution < 1.29 is 67.2 Å². The van der Waals surface area contributed by atoms with Crippen LogP contribution in [0.3, 0.4) is 0 Å². The van der Waals surface area contributed by atoms with E-state index in [1.165, 1.54) is 0 Å². The average molecular weight is 594 g/mol. The van der Waals surface area contributed by atoms with Gasteiger partial charge in [0.2, 0.25) is 0 Å². The summed E-state index contributed by atoms with van der Waals surface area (Å²) in [5, 5.41) is 0. The molecule has 4 nitrogen and oxygen atoms in total. The summed E-state index contributed by atoms with van der Waals surface area (Å²) in [7, 11) is 0. The van der Waals surface area contributed by atoms with Crippen LogP contribution in [0.25, 0.3) is 0 Å². The van der Waals surface area contributed by atoms with Crippen LogP contribution in [0.1, 0.15) is 37.2 Å². The molecular weight excluding hydrogens is 573 g/mol. The third kappa shape index (κ3) is 7.56. The minimum atomic E-state index is -6.06. The molecule has 40 heavy (non-hydrogen) atoms. The Morgan fingerprint density at radius 2 is 1.50 bits per heavy atom. The molecule has 0 spiro atoms. The summed E-state index contributed by atoms with van der Waals surface area (Å²) in [6.45, 7) is 2.25. The van der Waals surface area contributed by atoms with Crippen LogP contribution < -0.4 is 9.47 Å². The maximum absolute atomic E-state index is 14.7. The standard InChI is InChI=1S/C25H21F11O4/c1-2-3-4-5-13-11-37-21(38-12-13)14-8-17(27)20(18(28)9-14)24(33,34)39-15-6-7-19(16(26)10-15)40-25(35,36)22(29)23(30,31)32/h4-10,13,21-22H,2-3,11-12H2,1H3/b5-4+. The average Bonchev–Trinajstić information content (AvgIpc) is 2.84. The van der Waals surface area contributed by atoms with E-state index in [0.717, 1.165) is 12.8 Å². The zero-order chi connectivity index (χ0) is 29.9. The first-order valence-electron chi connectivity index (χ1n) is 11.6. The number of allylic oxidation sites excluding steroid dienone is 1. The number of rotatable bonds is 10. The zero-order valence-electron chi connectivity index (χ0n) is 20.4. The highest BCUT2D eigenvalue weighted by molar-refractivity contribution is 5.35. The van der Waals surface area contributed by atoms with Gasteiger partial charge < -0.3 is 18.9 Å². The van der Waals surface area contributed by atoms with Gasteiger partial charge in [0, 0.05) is 17.5 Å². The highest BCUT2D eigenvalue weighted by Crippen LogP contribution is 2.40. The Morgan fingerprint density at radius 3 is 2.02 bits per heavy atom. The molecule has 2 aromatic carbocycles. The first kappa shape index (κ1) is 31.5. The van der Waals surface area contributed by atoms with Gasteiger partial charge in [-0.05, 0) is 30.7 Å². The number of hydrogen-bond acceptors (Lipinski definition) is 4. The first-order chi connectivity index (χ1) is 18.5.